The molecule has 4 nitrogen and oxygen atoms in total. The molecule has 2 aromatic rings. The van der Waals surface area contributed by atoms with E-state index >= 15 is 0 Å². The van der Waals surface area contributed by atoms with Crippen LogP contribution < -0.4 is 5.32 Å². The summed E-state index contributed by atoms with van der Waals surface area (Å²) >= 11 is 0. The predicted molar refractivity (Wildman–Crippen MR) is 68.9 cm³/mol. The van der Waals surface area contributed by atoms with Gasteiger partial charge < -0.3 is 5.32 Å². The molecule has 0 saturated heterocycles. The zero-order chi connectivity index (χ0) is 12.3. The molecule has 0 aliphatic heterocycles. The number of hydrogen-bond acceptors (Lipinski definition) is 3. The maximum atomic E-state index is 4.24. The lowest BCUT2D eigenvalue weighted by atomic mass is 10.1. The molecule has 0 amide bonds. The van der Waals surface area contributed by atoms with Crippen molar-refractivity contribution in [3.63, 3.8) is 0 Å². The van der Waals surface area contributed by atoms with Crippen LogP contribution in [0.15, 0.2) is 24.5 Å². The number of rotatable bonds is 4. The lowest BCUT2D eigenvalue weighted by Gasteiger charge is -2.11. The average Bonchev–Trinajstić information content (AvgIpc) is 2.78. The van der Waals surface area contributed by atoms with E-state index < -0.39 is 0 Å². The molecular weight excluding hydrogens is 212 g/mol. The number of aryl methyl sites for hydroxylation is 2. The van der Waals surface area contributed by atoms with Crippen molar-refractivity contribution in [1.29, 1.82) is 0 Å². The van der Waals surface area contributed by atoms with Gasteiger partial charge in [0.15, 0.2) is 0 Å². The van der Waals surface area contributed by atoms with Gasteiger partial charge in [0, 0.05) is 12.2 Å². The molecule has 1 aromatic heterocycles. The highest BCUT2D eigenvalue weighted by molar-refractivity contribution is 5.53. The molecule has 0 atom stereocenters. The Hall–Kier alpha value is -1.84. The van der Waals surface area contributed by atoms with Crippen molar-refractivity contribution in [3.05, 3.63) is 41.5 Å². The third-order valence-corrected chi connectivity index (χ3v) is 3.04. The fourth-order valence-electron chi connectivity index (χ4n) is 1.81. The monoisotopic (exact) mass is 230 g/mol. The van der Waals surface area contributed by atoms with Gasteiger partial charge in [-0.05, 0) is 38.0 Å². The van der Waals surface area contributed by atoms with Crippen LogP contribution in [-0.2, 0) is 13.1 Å². The topological polar surface area (TPSA) is 42.7 Å². The maximum absolute atomic E-state index is 4.24. The molecule has 1 heterocycles. The first-order chi connectivity index (χ1) is 8.22. The average molecular weight is 230 g/mol. The minimum Gasteiger partial charge on any atom is -0.378 e. The van der Waals surface area contributed by atoms with E-state index in [0.29, 0.717) is 6.54 Å². The molecule has 2 rings (SSSR count). The molecule has 4 heteroatoms. The molecular formula is C13H18N4. The first-order valence-corrected chi connectivity index (χ1v) is 5.89. The molecule has 0 saturated carbocycles. The molecule has 0 spiro atoms. The Morgan fingerprint density at radius 1 is 1.29 bits per heavy atom. The Labute approximate surface area is 102 Å². The Balaban J connectivity index is 2.10. The summed E-state index contributed by atoms with van der Waals surface area (Å²) in [5, 5.41) is 7.56. The quantitative estimate of drug-likeness (QED) is 0.877. The molecule has 90 valence electrons. The van der Waals surface area contributed by atoms with Crippen molar-refractivity contribution in [2.45, 2.75) is 33.9 Å². The van der Waals surface area contributed by atoms with Gasteiger partial charge in [-0.2, -0.15) is 5.10 Å². The number of anilines is 1. The minimum atomic E-state index is 0.706. The summed E-state index contributed by atoms with van der Waals surface area (Å²) in [6, 6.07) is 6.28. The molecule has 1 aromatic carbocycles. The Bertz CT molecular complexity index is 502. The van der Waals surface area contributed by atoms with E-state index in [-0.39, 0.29) is 0 Å². The third-order valence-electron chi connectivity index (χ3n) is 3.04. The summed E-state index contributed by atoms with van der Waals surface area (Å²) in [6.07, 6.45) is 1.60. The molecule has 0 unspecified atom stereocenters. The van der Waals surface area contributed by atoms with Gasteiger partial charge in [-0.3, -0.25) is 0 Å². The summed E-state index contributed by atoms with van der Waals surface area (Å²) in [5.41, 5.74) is 3.75. The van der Waals surface area contributed by atoms with Crippen LogP contribution in [0.4, 0.5) is 5.69 Å². The third kappa shape index (κ3) is 2.46. The fraction of sp³-hybridized carbons (Fsp3) is 0.385. The van der Waals surface area contributed by atoms with Crippen LogP contribution >= 0.6 is 0 Å². The lowest BCUT2D eigenvalue weighted by Crippen LogP contribution is -2.09. The van der Waals surface area contributed by atoms with E-state index in [1.807, 2.05) is 4.68 Å². The van der Waals surface area contributed by atoms with Crippen LogP contribution in [-0.4, -0.2) is 14.8 Å². The van der Waals surface area contributed by atoms with Crippen molar-refractivity contribution in [2.75, 3.05) is 5.32 Å². The molecule has 0 aliphatic rings. The van der Waals surface area contributed by atoms with Gasteiger partial charge in [0.1, 0.15) is 12.2 Å². The number of aromatic nitrogens is 3. The van der Waals surface area contributed by atoms with Crippen LogP contribution in [0.1, 0.15) is 23.9 Å². The van der Waals surface area contributed by atoms with Gasteiger partial charge >= 0.3 is 0 Å². The van der Waals surface area contributed by atoms with Gasteiger partial charge in [0.25, 0.3) is 0 Å². The van der Waals surface area contributed by atoms with E-state index in [0.717, 1.165) is 18.1 Å². The number of nitrogens with one attached hydrogen (secondary N) is 1. The van der Waals surface area contributed by atoms with Crippen LogP contribution in [0.3, 0.4) is 0 Å². The van der Waals surface area contributed by atoms with Crippen LogP contribution in [0.5, 0.6) is 0 Å². The summed E-state index contributed by atoms with van der Waals surface area (Å²) in [7, 11) is 0. The number of nitrogens with zero attached hydrogens (tertiary/aromatic N) is 3. The second-order valence-electron chi connectivity index (χ2n) is 4.09. The first kappa shape index (κ1) is 11.6. The van der Waals surface area contributed by atoms with Crippen LogP contribution in [0.25, 0.3) is 0 Å². The second kappa shape index (κ2) is 4.99. The standard InChI is InChI=1S/C13H18N4/c1-4-17-13(15-9-16-17)8-14-12-7-5-6-10(2)11(12)3/h5-7,9,14H,4,8H2,1-3H3. The largest absolute Gasteiger partial charge is 0.378 e. The summed E-state index contributed by atoms with van der Waals surface area (Å²) in [4.78, 5) is 4.24. The molecule has 0 radical (unpaired) electrons. The van der Waals surface area contributed by atoms with Crippen molar-refractivity contribution in [1.82, 2.24) is 14.8 Å². The van der Waals surface area contributed by atoms with E-state index in [1.54, 1.807) is 6.33 Å². The van der Waals surface area contributed by atoms with Gasteiger partial charge in [0.05, 0.1) is 6.54 Å². The molecule has 0 fully saturated rings. The van der Waals surface area contributed by atoms with Crippen molar-refractivity contribution >= 4 is 5.69 Å². The fourth-order valence-corrected chi connectivity index (χ4v) is 1.81. The zero-order valence-electron chi connectivity index (χ0n) is 10.6. The zero-order valence-corrected chi connectivity index (χ0v) is 10.6. The van der Waals surface area contributed by atoms with Crippen LogP contribution in [0, 0.1) is 13.8 Å². The van der Waals surface area contributed by atoms with Gasteiger partial charge in [-0.25, -0.2) is 9.67 Å². The number of benzene rings is 1. The Morgan fingerprint density at radius 2 is 2.12 bits per heavy atom. The van der Waals surface area contributed by atoms with E-state index in [4.69, 9.17) is 0 Å². The highest BCUT2D eigenvalue weighted by Crippen LogP contribution is 2.18. The van der Waals surface area contributed by atoms with Crippen molar-refractivity contribution in [3.8, 4) is 0 Å². The summed E-state index contributed by atoms with van der Waals surface area (Å²) < 4.78 is 1.90. The Morgan fingerprint density at radius 3 is 2.88 bits per heavy atom. The normalized spacial score (nSPS) is 10.5. The van der Waals surface area contributed by atoms with Gasteiger partial charge in [0.2, 0.25) is 0 Å². The van der Waals surface area contributed by atoms with Gasteiger partial charge in [-0.1, -0.05) is 12.1 Å². The van der Waals surface area contributed by atoms with Crippen molar-refractivity contribution in [2.24, 2.45) is 0 Å². The lowest BCUT2D eigenvalue weighted by molar-refractivity contribution is 0.622. The van der Waals surface area contributed by atoms with E-state index in [9.17, 15) is 0 Å². The van der Waals surface area contributed by atoms with Gasteiger partial charge in [-0.15, -0.1) is 0 Å². The second-order valence-corrected chi connectivity index (χ2v) is 4.09. The molecule has 17 heavy (non-hydrogen) atoms. The molecule has 0 bridgehead atoms. The van der Waals surface area contributed by atoms with Crippen molar-refractivity contribution < 1.29 is 0 Å². The Kier molecular flexibility index (Phi) is 3.42. The van der Waals surface area contributed by atoms with E-state index in [1.165, 1.54) is 11.1 Å². The SMILES string of the molecule is CCn1ncnc1CNc1cccc(C)c1C. The molecule has 1 N–H and O–H groups in total. The first-order valence-electron chi connectivity index (χ1n) is 5.89. The van der Waals surface area contributed by atoms with Crippen LogP contribution in [0.2, 0.25) is 0 Å². The summed E-state index contributed by atoms with van der Waals surface area (Å²) in [5.74, 6) is 0.966. The minimum absolute atomic E-state index is 0.706. The molecule has 0 aliphatic carbocycles. The number of hydrogen-bond donors (Lipinski definition) is 1. The maximum Gasteiger partial charge on any atom is 0.146 e. The van der Waals surface area contributed by atoms with E-state index in [2.05, 4.69) is 54.4 Å². The summed E-state index contributed by atoms with van der Waals surface area (Å²) in [6.45, 7) is 7.87. The highest BCUT2D eigenvalue weighted by atomic mass is 15.3. The predicted octanol–water partition coefficient (Wildman–Crippen LogP) is 2.53. The highest BCUT2D eigenvalue weighted by Gasteiger charge is 2.04. The smallest absolute Gasteiger partial charge is 0.146 e.